The number of amides is 1. The van der Waals surface area contributed by atoms with E-state index >= 15 is 0 Å². The quantitative estimate of drug-likeness (QED) is 0.675. The van der Waals surface area contributed by atoms with Crippen LogP contribution in [0.2, 0.25) is 0 Å². The number of carbonyl (C=O) groups is 1. The van der Waals surface area contributed by atoms with Crippen LogP contribution in [0, 0.1) is 10.5 Å². The Kier molecular flexibility index (Phi) is 6.48. The number of halogens is 1. The summed E-state index contributed by atoms with van der Waals surface area (Å²) in [6.45, 7) is 4.11. The van der Waals surface area contributed by atoms with Crippen molar-refractivity contribution in [3.8, 4) is 11.5 Å². The molecular formula is C19H22INO3. The zero-order valence-corrected chi connectivity index (χ0v) is 16.5. The molecule has 0 fully saturated rings. The molecule has 1 unspecified atom stereocenters. The summed E-state index contributed by atoms with van der Waals surface area (Å²) in [5.41, 5.74) is 2.89. The number of hydrogen-bond acceptors (Lipinski definition) is 3. The van der Waals surface area contributed by atoms with Crippen molar-refractivity contribution in [2.45, 2.75) is 26.3 Å². The van der Waals surface area contributed by atoms with Gasteiger partial charge in [0.25, 0.3) is 5.91 Å². The van der Waals surface area contributed by atoms with Gasteiger partial charge >= 0.3 is 0 Å². The molecule has 2 rings (SSSR count). The topological polar surface area (TPSA) is 47.6 Å². The summed E-state index contributed by atoms with van der Waals surface area (Å²) in [4.78, 5) is 12.7. The molecule has 0 radical (unpaired) electrons. The maximum atomic E-state index is 12.7. The molecule has 128 valence electrons. The van der Waals surface area contributed by atoms with Gasteiger partial charge in [0.15, 0.2) is 11.5 Å². The van der Waals surface area contributed by atoms with Gasteiger partial charge < -0.3 is 14.8 Å². The second-order valence-electron chi connectivity index (χ2n) is 5.53. The highest BCUT2D eigenvalue weighted by atomic mass is 127. The third-order valence-corrected chi connectivity index (χ3v) is 4.80. The lowest BCUT2D eigenvalue weighted by atomic mass is 10.0. The smallest absolute Gasteiger partial charge is 0.252 e. The first-order valence-electron chi connectivity index (χ1n) is 7.79. The van der Waals surface area contributed by atoms with Crippen LogP contribution in [0.15, 0.2) is 36.4 Å². The first kappa shape index (κ1) is 18.6. The van der Waals surface area contributed by atoms with Crippen molar-refractivity contribution in [2.75, 3.05) is 14.2 Å². The Bertz CT molecular complexity index is 713. The fourth-order valence-corrected chi connectivity index (χ4v) is 3.17. The predicted octanol–water partition coefficient (Wildman–Crippen LogP) is 4.50. The lowest BCUT2D eigenvalue weighted by molar-refractivity contribution is 0.0934. The third-order valence-electron chi connectivity index (χ3n) is 3.91. The number of hydrogen-bond donors (Lipinski definition) is 1. The normalized spacial score (nSPS) is 11.7. The van der Waals surface area contributed by atoms with Gasteiger partial charge in [0.1, 0.15) is 0 Å². The summed E-state index contributed by atoms with van der Waals surface area (Å²) < 4.78 is 11.4. The molecular weight excluding hydrogens is 417 g/mol. The summed E-state index contributed by atoms with van der Waals surface area (Å²) in [5, 5.41) is 3.11. The molecule has 0 spiro atoms. The predicted molar refractivity (Wildman–Crippen MR) is 104 cm³/mol. The summed E-state index contributed by atoms with van der Waals surface area (Å²) >= 11 is 2.14. The molecule has 0 saturated heterocycles. The zero-order valence-electron chi connectivity index (χ0n) is 14.4. The lowest BCUT2D eigenvalue weighted by Crippen LogP contribution is -2.28. The Balaban J connectivity index is 2.26. The van der Waals surface area contributed by atoms with Crippen molar-refractivity contribution in [2.24, 2.45) is 0 Å². The van der Waals surface area contributed by atoms with Crippen LogP contribution in [0.25, 0.3) is 0 Å². The van der Waals surface area contributed by atoms with Gasteiger partial charge in [-0.25, -0.2) is 0 Å². The first-order valence-corrected chi connectivity index (χ1v) is 8.87. The van der Waals surface area contributed by atoms with Crippen molar-refractivity contribution in [3.05, 3.63) is 56.7 Å². The Morgan fingerprint density at radius 3 is 2.25 bits per heavy atom. The van der Waals surface area contributed by atoms with Gasteiger partial charge in [0.05, 0.1) is 25.8 Å². The average molecular weight is 439 g/mol. The van der Waals surface area contributed by atoms with Gasteiger partial charge in [0, 0.05) is 3.57 Å². The molecule has 0 heterocycles. The largest absolute Gasteiger partial charge is 0.493 e. The third kappa shape index (κ3) is 4.20. The van der Waals surface area contributed by atoms with Crippen LogP contribution in [0.5, 0.6) is 11.5 Å². The summed E-state index contributed by atoms with van der Waals surface area (Å²) in [6, 6.07) is 11.7. The van der Waals surface area contributed by atoms with E-state index in [1.807, 2.05) is 0 Å². The molecule has 5 heteroatoms. The number of rotatable bonds is 6. The van der Waals surface area contributed by atoms with Gasteiger partial charge in [-0.05, 0) is 53.6 Å². The Labute approximate surface area is 156 Å². The van der Waals surface area contributed by atoms with E-state index in [1.165, 1.54) is 5.56 Å². The van der Waals surface area contributed by atoms with Crippen molar-refractivity contribution in [1.82, 2.24) is 5.32 Å². The Morgan fingerprint density at radius 1 is 1.12 bits per heavy atom. The number of nitrogens with one attached hydrogen (secondary N) is 1. The van der Waals surface area contributed by atoms with Gasteiger partial charge in [-0.1, -0.05) is 36.8 Å². The zero-order chi connectivity index (χ0) is 17.7. The average Bonchev–Trinajstić information content (AvgIpc) is 2.59. The number of benzene rings is 2. The van der Waals surface area contributed by atoms with Crippen molar-refractivity contribution in [1.29, 1.82) is 0 Å². The lowest BCUT2D eigenvalue weighted by Gasteiger charge is -2.19. The molecule has 1 N–H and O–H groups in total. The standard InChI is InChI=1S/C19H22INO3/c1-5-16(13-8-6-12(2)7-9-13)21-19(22)14-10-17(23-3)18(24-4)11-15(14)20/h6-11,16H,5H2,1-4H3,(H,21,22). The highest BCUT2D eigenvalue weighted by molar-refractivity contribution is 14.1. The maximum absolute atomic E-state index is 12.7. The van der Waals surface area contributed by atoms with Crippen LogP contribution >= 0.6 is 22.6 Å². The number of aryl methyl sites for hydroxylation is 1. The highest BCUT2D eigenvalue weighted by Gasteiger charge is 2.19. The van der Waals surface area contributed by atoms with E-state index < -0.39 is 0 Å². The molecule has 24 heavy (non-hydrogen) atoms. The minimum Gasteiger partial charge on any atom is -0.493 e. The van der Waals surface area contributed by atoms with Gasteiger partial charge in [0.2, 0.25) is 0 Å². The van der Waals surface area contributed by atoms with Crippen LogP contribution < -0.4 is 14.8 Å². The molecule has 0 bridgehead atoms. The van der Waals surface area contributed by atoms with Crippen LogP contribution in [0.1, 0.15) is 40.9 Å². The Hall–Kier alpha value is -1.76. The van der Waals surface area contributed by atoms with E-state index in [0.717, 1.165) is 15.6 Å². The number of ether oxygens (including phenoxy) is 2. The molecule has 0 aliphatic rings. The molecule has 0 aliphatic carbocycles. The molecule has 2 aromatic carbocycles. The minimum atomic E-state index is -0.118. The van der Waals surface area contributed by atoms with Gasteiger partial charge in [-0.2, -0.15) is 0 Å². The number of carbonyl (C=O) groups excluding carboxylic acids is 1. The van der Waals surface area contributed by atoms with E-state index in [4.69, 9.17) is 9.47 Å². The maximum Gasteiger partial charge on any atom is 0.252 e. The van der Waals surface area contributed by atoms with Crippen molar-refractivity contribution < 1.29 is 14.3 Å². The van der Waals surface area contributed by atoms with E-state index in [9.17, 15) is 4.79 Å². The second kappa shape index (κ2) is 8.37. The van der Waals surface area contributed by atoms with Crippen LogP contribution in [0.3, 0.4) is 0 Å². The minimum absolute atomic E-state index is 0.0259. The van der Waals surface area contributed by atoms with E-state index in [0.29, 0.717) is 17.1 Å². The summed E-state index contributed by atoms with van der Waals surface area (Å²) in [7, 11) is 3.14. The van der Waals surface area contributed by atoms with E-state index in [2.05, 4.69) is 66.0 Å². The molecule has 0 aromatic heterocycles. The number of methoxy groups -OCH3 is 2. The second-order valence-corrected chi connectivity index (χ2v) is 6.69. The first-order chi connectivity index (χ1) is 11.5. The van der Waals surface area contributed by atoms with Crippen molar-refractivity contribution >= 4 is 28.5 Å². The fraction of sp³-hybridized carbons (Fsp3) is 0.316. The Morgan fingerprint density at radius 2 is 1.71 bits per heavy atom. The molecule has 0 aliphatic heterocycles. The molecule has 1 amide bonds. The van der Waals surface area contributed by atoms with Crippen molar-refractivity contribution in [3.63, 3.8) is 0 Å². The highest BCUT2D eigenvalue weighted by Crippen LogP contribution is 2.31. The van der Waals surface area contributed by atoms with Gasteiger partial charge in [-0.3, -0.25) is 4.79 Å². The van der Waals surface area contributed by atoms with Crippen LogP contribution in [-0.2, 0) is 0 Å². The SMILES string of the molecule is CCC(NC(=O)c1cc(OC)c(OC)cc1I)c1ccc(C)cc1. The van der Waals surface area contributed by atoms with Gasteiger partial charge in [-0.15, -0.1) is 0 Å². The molecule has 4 nitrogen and oxygen atoms in total. The van der Waals surface area contributed by atoms with Crippen LogP contribution in [-0.4, -0.2) is 20.1 Å². The summed E-state index contributed by atoms with van der Waals surface area (Å²) in [5.74, 6) is 1.04. The van der Waals surface area contributed by atoms with E-state index in [-0.39, 0.29) is 11.9 Å². The van der Waals surface area contributed by atoms with E-state index in [1.54, 1.807) is 26.4 Å². The molecule has 0 saturated carbocycles. The van der Waals surface area contributed by atoms with Crippen LogP contribution in [0.4, 0.5) is 0 Å². The monoisotopic (exact) mass is 439 g/mol. The molecule has 2 aromatic rings. The molecule has 1 atom stereocenters. The summed E-state index contributed by atoms with van der Waals surface area (Å²) in [6.07, 6.45) is 0.818. The fourth-order valence-electron chi connectivity index (χ4n) is 2.48.